The number of esters is 3. The third kappa shape index (κ3) is 44.9. The van der Waals surface area contributed by atoms with Crippen LogP contribution in [0.5, 0.6) is 0 Å². The third-order valence-electron chi connectivity index (χ3n) is 9.21. The predicted octanol–water partition coefficient (Wildman–Crippen LogP) is 15.4. The average Bonchev–Trinajstić information content (AvgIpc) is 3.24. The first kappa shape index (κ1) is 55.8. The molecule has 1 unspecified atom stereocenters. The van der Waals surface area contributed by atoms with Crippen LogP contribution in [0.2, 0.25) is 0 Å². The first-order valence-electron chi connectivity index (χ1n) is 23.5. The molecule has 0 aromatic rings. The van der Waals surface area contributed by atoms with Crippen molar-refractivity contribution in [3.05, 3.63) is 122 Å². The lowest BCUT2D eigenvalue weighted by molar-refractivity contribution is -0.167. The van der Waals surface area contributed by atoms with Crippen molar-refractivity contribution in [2.75, 3.05) is 13.2 Å². The minimum atomic E-state index is -0.820. The van der Waals surface area contributed by atoms with E-state index in [2.05, 4.69) is 142 Å². The highest BCUT2D eigenvalue weighted by molar-refractivity contribution is 5.71. The minimum Gasteiger partial charge on any atom is -0.462 e. The van der Waals surface area contributed by atoms with Crippen LogP contribution in [-0.2, 0) is 28.6 Å². The second kappa shape index (κ2) is 47.5. The van der Waals surface area contributed by atoms with Crippen LogP contribution >= 0.6 is 0 Å². The fourth-order valence-corrected chi connectivity index (χ4v) is 5.74. The number of carbonyl (C=O) groups excluding carboxylic acids is 3. The van der Waals surface area contributed by atoms with Crippen molar-refractivity contribution in [2.45, 2.75) is 187 Å². The molecule has 0 N–H and O–H groups in total. The summed E-state index contributed by atoms with van der Waals surface area (Å²) in [5, 5.41) is 0. The van der Waals surface area contributed by atoms with Gasteiger partial charge in [-0.2, -0.15) is 0 Å². The Morgan fingerprint density at radius 2 is 0.667 bits per heavy atom. The van der Waals surface area contributed by atoms with Gasteiger partial charge in [0, 0.05) is 19.3 Å². The standard InChI is InChI=1S/C54H84O6/c1-4-7-10-13-16-18-20-22-24-26-27-29-30-32-34-36-38-41-44-47-53(56)59-50-51(49-58-52(55)46-43-40-15-12-9-6-3)60-54(57)48-45-42-39-37-35-33-31-28-25-23-21-19-17-14-11-8-5-2/h7-8,10-11,16-19,22-25,27,29,31-34,37,39,51H,4-6,9,12-15,20-21,26,28,30,35-36,38,40-50H2,1-3H3/b10-7-,11-8-,18-16-,19-17-,24-22-,25-23-,29-27-,33-31-,34-32-,39-37-. The maximum Gasteiger partial charge on any atom is 0.306 e. The van der Waals surface area contributed by atoms with Crippen LogP contribution in [0.25, 0.3) is 0 Å². The van der Waals surface area contributed by atoms with E-state index < -0.39 is 6.10 Å². The Morgan fingerprint density at radius 1 is 0.350 bits per heavy atom. The van der Waals surface area contributed by atoms with Gasteiger partial charge in [-0.05, 0) is 103 Å². The summed E-state index contributed by atoms with van der Waals surface area (Å²) < 4.78 is 16.6. The number of hydrogen-bond donors (Lipinski definition) is 0. The molecule has 0 aromatic heterocycles. The third-order valence-corrected chi connectivity index (χ3v) is 9.21. The molecule has 0 rings (SSSR count). The normalized spacial score (nSPS) is 13.2. The van der Waals surface area contributed by atoms with Gasteiger partial charge >= 0.3 is 17.9 Å². The maximum absolute atomic E-state index is 12.7. The zero-order chi connectivity index (χ0) is 43.7. The first-order chi connectivity index (χ1) is 29.5. The molecule has 0 spiro atoms. The van der Waals surface area contributed by atoms with Gasteiger partial charge in [0.05, 0.1) is 0 Å². The average molecular weight is 829 g/mol. The summed E-state index contributed by atoms with van der Waals surface area (Å²) in [6.45, 7) is 6.24. The van der Waals surface area contributed by atoms with Gasteiger partial charge in [0.2, 0.25) is 0 Å². The van der Waals surface area contributed by atoms with Crippen LogP contribution in [0.4, 0.5) is 0 Å². The van der Waals surface area contributed by atoms with Gasteiger partial charge in [0.25, 0.3) is 0 Å². The summed E-state index contributed by atoms with van der Waals surface area (Å²) in [6.07, 6.45) is 64.9. The molecule has 1 atom stereocenters. The molecule has 6 heteroatoms. The first-order valence-corrected chi connectivity index (χ1v) is 23.5. The van der Waals surface area contributed by atoms with E-state index in [0.717, 1.165) is 116 Å². The van der Waals surface area contributed by atoms with Crippen molar-refractivity contribution >= 4 is 17.9 Å². The van der Waals surface area contributed by atoms with Gasteiger partial charge in [0.1, 0.15) is 13.2 Å². The highest BCUT2D eigenvalue weighted by Gasteiger charge is 2.19. The molecule has 0 fully saturated rings. The van der Waals surface area contributed by atoms with E-state index in [4.69, 9.17) is 14.2 Å². The van der Waals surface area contributed by atoms with Crippen LogP contribution in [0, 0.1) is 0 Å². The highest BCUT2D eigenvalue weighted by Crippen LogP contribution is 2.11. The second-order valence-electron chi connectivity index (χ2n) is 14.9. The molecule has 0 aliphatic carbocycles. The quantitative estimate of drug-likeness (QED) is 0.0265. The van der Waals surface area contributed by atoms with E-state index in [1.54, 1.807) is 0 Å². The molecule has 6 nitrogen and oxygen atoms in total. The molecule has 0 radical (unpaired) electrons. The number of allylic oxidation sites excluding steroid dienone is 20. The van der Waals surface area contributed by atoms with Crippen molar-refractivity contribution in [1.82, 2.24) is 0 Å². The lowest BCUT2D eigenvalue weighted by atomic mass is 10.1. The predicted molar refractivity (Wildman–Crippen MR) is 256 cm³/mol. The minimum absolute atomic E-state index is 0.115. The topological polar surface area (TPSA) is 78.9 Å². The molecule has 336 valence electrons. The van der Waals surface area contributed by atoms with E-state index in [1.165, 1.54) is 19.3 Å². The summed E-state index contributed by atoms with van der Waals surface area (Å²) in [5.74, 6) is -1.03. The molecule has 0 aliphatic heterocycles. The molecule has 0 saturated heterocycles. The molecule has 0 saturated carbocycles. The smallest absolute Gasteiger partial charge is 0.306 e. The monoisotopic (exact) mass is 829 g/mol. The van der Waals surface area contributed by atoms with Crippen molar-refractivity contribution in [3.63, 3.8) is 0 Å². The summed E-state index contributed by atoms with van der Waals surface area (Å²) in [5.41, 5.74) is 0. The van der Waals surface area contributed by atoms with Crippen molar-refractivity contribution in [2.24, 2.45) is 0 Å². The zero-order valence-electron chi connectivity index (χ0n) is 38.2. The molecule has 60 heavy (non-hydrogen) atoms. The van der Waals surface area contributed by atoms with Crippen LogP contribution in [0.15, 0.2) is 122 Å². The van der Waals surface area contributed by atoms with Crippen molar-refractivity contribution in [3.8, 4) is 0 Å². The summed E-state index contributed by atoms with van der Waals surface area (Å²) in [7, 11) is 0. The fourth-order valence-electron chi connectivity index (χ4n) is 5.74. The van der Waals surface area contributed by atoms with Crippen LogP contribution in [-0.4, -0.2) is 37.2 Å². The van der Waals surface area contributed by atoms with Crippen LogP contribution < -0.4 is 0 Å². The largest absolute Gasteiger partial charge is 0.462 e. The van der Waals surface area contributed by atoms with E-state index in [9.17, 15) is 14.4 Å². The second-order valence-corrected chi connectivity index (χ2v) is 14.9. The van der Waals surface area contributed by atoms with Gasteiger partial charge < -0.3 is 14.2 Å². The van der Waals surface area contributed by atoms with Gasteiger partial charge in [-0.3, -0.25) is 14.4 Å². The van der Waals surface area contributed by atoms with Crippen LogP contribution in [0.3, 0.4) is 0 Å². The number of unbranched alkanes of at least 4 members (excludes halogenated alkanes) is 9. The number of rotatable bonds is 40. The highest BCUT2D eigenvalue weighted by atomic mass is 16.6. The Balaban J connectivity index is 4.44. The van der Waals surface area contributed by atoms with Gasteiger partial charge in [-0.1, -0.05) is 181 Å². The Hall–Kier alpha value is -4.19. The Morgan fingerprint density at radius 3 is 1.07 bits per heavy atom. The number of ether oxygens (including phenoxy) is 3. The van der Waals surface area contributed by atoms with Crippen molar-refractivity contribution in [1.29, 1.82) is 0 Å². The van der Waals surface area contributed by atoms with E-state index in [-0.39, 0.29) is 37.5 Å². The van der Waals surface area contributed by atoms with E-state index in [1.807, 2.05) is 0 Å². The Labute approximate surface area is 367 Å². The summed E-state index contributed by atoms with van der Waals surface area (Å²) in [4.78, 5) is 37.6. The Kier molecular flexibility index (Phi) is 44.2. The summed E-state index contributed by atoms with van der Waals surface area (Å²) in [6, 6.07) is 0. The van der Waals surface area contributed by atoms with Gasteiger partial charge in [-0.15, -0.1) is 0 Å². The lowest BCUT2D eigenvalue weighted by Crippen LogP contribution is -2.30. The zero-order valence-corrected chi connectivity index (χ0v) is 38.2. The Bertz CT molecular complexity index is 1320. The van der Waals surface area contributed by atoms with Crippen molar-refractivity contribution < 1.29 is 28.6 Å². The van der Waals surface area contributed by atoms with E-state index >= 15 is 0 Å². The fraction of sp³-hybridized carbons (Fsp3) is 0.574. The molecule has 0 bridgehead atoms. The number of carbonyl (C=O) groups is 3. The molecular weight excluding hydrogens is 745 g/mol. The summed E-state index contributed by atoms with van der Waals surface area (Å²) >= 11 is 0. The molecule has 0 heterocycles. The molecular formula is C54H84O6. The maximum atomic E-state index is 12.7. The molecule has 0 aromatic carbocycles. The molecule has 0 amide bonds. The molecule has 0 aliphatic rings. The number of hydrogen-bond acceptors (Lipinski definition) is 6. The van der Waals surface area contributed by atoms with Gasteiger partial charge in [-0.25, -0.2) is 0 Å². The van der Waals surface area contributed by atoms with Crippen LogP contribution in [0.1, 0.15) is 181 Å². The lowest BCUT2D eigenvalue weighted by Gasteiger charge is -2.18. The van der Waals surface area contributed by atoms with E-state index in [0.29, 0.717) is 19.3 Å². The SMILES string of the molecule is CC/C=C\C/C=C\C/C=C\C/C=C\C/C=C\CCCCCC(=O)OCC(COC(=O)CCCCCCCC)OC(=O)CCC/C=C\C/C=C\C/C=C\C/C=C\C/C=C\CC. The van der Waals surface area contributed by atoms with Gasteiger partial charge in [0.15, 0.2) is 6.10 Å².